The Bertz CT molecular complexity index is 292. The first-order valence-corrected chi connectivity index (χ1v) is 4.72. The van der Waals surface area contributed by atoms with Crippen molar-refractivity contribution in [3.8, 4) is 0 Å². The molecule has 0 spiro atoms. The van der Waals surface area contributed by atoms with Crippen LogP contribution in [-0.4, -0.2) is 7.41 Å². The van der Waals surface area contributed by atoms with Gasteiger partial charge in [0.15, 0.2) is 5.69 Å². The minimum Gasteiger partial charge on any atom is -0.285 e. The van der Waals surface area contributed by atoms with E-state index in [0.717, 1.165) is 0 Å². The van der Waals surface area contributed by atoms with Crippen LogP contribution in [-0.2, 0) is 0 Å². The average molecular weight is 173 g/mol. The molecule has 0 N–H and O–H groups in total. The molecule has 0 unspecified atom stereocenters. The molecule has 0 amide bonds. The predicted molar refractivity (Wildman–Crippen MR) is 57.5 cm³/mol. The second-order valence-electron chi connectivity index (χ2n) is 3.39. The van der Waals surface area contributed by atoms with E-state index in [-0.39, 0.29) is 0 Å². The lowest BCUT2D eigenvalue weighted by atomic mass is 9.98. The zero-order chi connectivity index (χ0) is 9.68. The Kier molecular flexibility index (Phi) is 3.75. The molecular weight excluding hydrogens is 157 g/mol. The summed E-state index contributed by atoms with van der Waals surface area (Å²) in [6.45, 7) is 6.39. The topological polar surface area (TPSA) is 3.88 Å². The molecule has 67 valence electrons. The summed E-state index contributed by atoms with van der Waals surface area (Å²) in [7, 11) is 2.06. The van der Waals surface area contributed by atoms with Crippen LogP contribution in [0.4, 0.5) is 0 Å². The Morgan fingerprint density at radius 3 is 2.77 bits per heavy atom. The molecule has 0 bridgehead atoms. The molecule has 13 heavy (non-hydrogen) atoms. The molecule has 0 aliphatic carbocycles. The van der Waals surface area contributed by atoms with Crippen molar-refractivity contribution in [3.05, 3.63) is 36.2 Å². The highest BCUT2D eigenvalue weighted by Gasteiger charge is 2.04. The standard InChI is InChI=1S/C11H16BN/c1-10(2)7-8-11-6-4-5-9-13(11)12-3/h4-10H,1-3H3/q+1/b8-7+. The molecule has 1 aromatic rings. The number of rotatable bonds is 3. The Balaban J connectivity index is 2.87. The first-order chi connectivity index (χ1) is 6.24. The van der Waals surface area contributed by atoms with Crippen LogP contribution in [0.2, 0.25) is 6.82 Å². The predicted octanol–water partition coefficient (Wildman–Crippen LogP) is 2.16. The third-order valence-electron chi connectivity index (χ3n) is 1.85. The maximum Gasteiger partial charge on any atom is 0.536 e. The Morgan fingerprint density at radius 1 is 1.38 bits per heavy atom. The number of hydrogen-bond donors (Lipinski definition) is 0. The normalized spacial score (nSPS) is 11.1. The van der Waals surface area contributed by atoms with Crippen molar-refractivity contribution in [2.24, 2.45) is 5.92 Å². The Labute approximate surface area is 81.4 Å². The van der Waals surface area contributed by atoms with Crippen molar-refractivity contribution in [1.82, 2.24) is 0 Å². The molecule has 1 nitrogen and oxygen atoms in total. The van der Waals surface area contributed by atoms with Gasteiger partial charge < -0.3 is 0 Å². The van der Waals surface area contributed by atoms with E-state index in [9.17, 15) is 0 Å². The first-order valence-electron chi connectivity index (χ1n) is 4.72. The summed E-state index contributed by atoms with van der Waals surface area (Å²) in [5, 5.41) is 0. The summed E-state index contributed by atoms with van der Waals surface area (Å²) in [6.07, 6.45) is 6.42. The van der Waals surface area contributed by atoms with Gasteiger partial charge in [-0.05, 0) is 24.9 Å². The van der Waals surface area contributed by atoms with Gasteiger partial charge in [-0.25, -0.2) is 0 Å². The van der Waals surface area contributed by atoms with Crippen LogP contribution >= 0.6 is 0 Å². The molecule has 1 rings (SSSR count). The molecule has 0 saturated carbocycles. The summed E-state index contributed by atoms with van der Waals surface area (Å²) in [6, 6.07) is 6.20. The number of aromatic nitrogens is 1. The van der Waals surface area contributed by atoms with Gasteiger partial charge >= 0.3 is 7.41 Å². The van der Waals surface area contributed by atoms with Crippen LogP contribution < -0.4 is 4.48 Å². The largest absolute Gasteiger partial charge is 0.536 e. The fourth-order valence-corrected chi connectivity index (χ4v) is 1.14. The zero-order valence-corrected chi connectivity index (χ0v) is 8.57. The maximum absolute atomic E-state index is 2.20. The summed E-state index contributed by atoms with van der Waals surface area (Å²) in [5.41, 5.74) is 1.22. The zero-order valence-electron chi connectivity index (χ0n) is 8.57. The molecule has 0 aromatic carbocycles. The van der Waals surface area contributed by atoms with E-state index in [4.69, 9.17) is 0 Å². The van der Waals surface area contributed by atoms with Gasteiger partial charge in [-0.3, -0.25) is 4.48 Å². The van der Waals surface area contributed by atoms with Gasteiger partial charge in [-0.1, -0.05) is 19.9 Å². The minimum atomic E-state index is 0.602. The molecule has 1 radical (unpaired) electrons. The van der Waals surface area contributed by atoms with Crippen LogP contribution in [0.5, 0.6) is 0 Å². The maximum atomic E-state index is 2.20. The van der Waals surface area contributed by atoms with E-state index in [0.29, 0.717) is 5.92 Å². The highest BCUT2D eigenvalue weighted by Crippen LogP contribution is 1.99. The lowest BCUT2D eigenvalue weighted by Gasteiger charge is -1.96. The first kappa shape index (κ1) is 10.0. The lowest BCUT2D eigenvalue weighted by molar-refractivity contribution is -0.531. The van der Waals surface area contributed by atoms with Crippen molar-refractivity contribution >= 4 is 13.5 Å². The Morgan fingerprint density at radius 2 is 2.15 bits per heavy atom. The van der Waals surface area contributed by atoms with E-state index < -0.39 is 0 Å². The molecule has 0 aliphatic rings. The summed E-state index contributed by atoms with van der Waals surface area (Å²) >= 11 is 0. The van der Waals surface area contributed by atoms with Crippen molar-refractivity contribution in [2.45, 2.75) is 20.7 Å². The van der Waals surface area contributed by atoms with E-state index in [2.05, 4.69) is 56.2 Å². The van der Waals surface area contributed by atoms with E-state index >= 15 is 0 Å². The minimum absolute atomic E-state index is 0.602. The molecule has 1 heterocycles. The number of hydrogen-bond acceptors (Lipinski definition) is 0. The van der Waals surface area contributed by atoms with Crippen molar-refractivity contribution < 1.29 is 4.48 Å². The number of allylic oxidation sites excluding steroid dienone is 1. The highest BCUT2D eigenvalue weighted by molar-refractivity contribution is 6.22. The summed E-state index contributed by atoms with van der Waals surface area (Å²) < 4.78 is 2.11. The average Bonchev–Trinajstić information content (AvgIpc) is 2.15. The van der Waals surface area contributed by atoms with Gasteiger partial charge in [-0.2, -0.15) is 0 Å². The molecule has 2 heteroatoms. The SMILES string of the molecule is C[B][n+]1ccccc1/C=C/C(C)C. The van der Waals surface area contributed by atoms with Gasteiger partial charge in [-0.15, -0.1) is 0 Å². The van der Waals surface area contributed by atoms with Crippen LogP contribution in [0.15, 0.2) is 30.5 Å². The molecule has 0 saturated heterocycles. The van der Waals surface area contributed by atoms with E-state index in [1.807, 2.05) is 12.9 Å². The molecule has 0 atom stereocenters. The quantitative estimate of drug-likeness (QED) is 0.616. The highest BCUT2D eigenvalue weighted by atomic mass is 14.8. The fraction of sp³-hybridized carbons (Fsp3) is 0.364. The number of pyridine rings is 1. The molecular formula is C11H16BN+. The summed E-state index contributed by atoms with van der Waals surface area (Å²) in [4.78, 5) is 0. The van der Waals surface area contributed by atoms with Gasteiger partial charge in [0.1, 0.15) is 6.20 Å². The van der Waals surface area contributed by atoms with Crippen LogP contribution in [0.25, 0.3) is 6.08 Å². The molecule has 0 fully saturated rings. The second kappa shape index (κ2) is 4.85. The van der Waals surface area contributed by atoms with Crippen molar-refractivity contribution in [3.63, 3.8) is 0 Å². The van der Waals surface area contributed by atoms with Gasteiger partial charge in [0.05, 0.1) is 0 Å². The van der Waals surface area contributed by atoms with Crippen molar-refractivity contribution in [1.29, 1.82) is 0 Å². The van der Waals surface area contributed by atoms with E-state index in [1.54, 1.807) is 0 Å². The van der Waals surface area contributed by atoms with Crippen LogP contribution in [0.3, 0.4) is 0 Å². The second-order valence-corrected chi connectivity index (χ2v) is 3.39. The third-order valence-corrected chi connectivity index (χ3v) is 1.85. The monoisotopic (exact) mass is 173 g/mol. The summed E-state index contributed by atoms with van der Waals surface area (Å²) in [5.74, 6) is 0.602. The fourth-order valence-electron chi connectivity index (χ4n) is 1.14. The Hall–Kier alpha value is -1.05. The van der Waals surface area contributed by atoms with Gasteiger partial charge in [0, 0.05) is 12.1 Å². The molecule has 0 aliphatic heterocycles. The van der Waals surface area contributed by atoms with Crippen LogP contribution in [0.1, 0.15) is 19.5 Å². The van der Waals surface area contributed by atoms with E-state index in [1.165, 1.54) is 5.69 Å². The number of nitrogens with zero attached hydrogens (tertiary/aromatic N) is 1. The molecule has 1 aromatic heterocycles. The third kappa shape index (κ3) is 3.06. The van der Waals surface area contributed by atoms with Crippen LogP contribution in [0, 0.1) is 5.92 Å². The smallest absolute Gasteiger partial charge is 0.285 e. The van der Waals surface area contributed by atoms with Gasteiger partial charge in [0.25, 0.3) is 0 Å². The van der Waals surface area contributed by atoms with Gasteiger partial charge in [0.2, 0.25) is 0 Å². The lowest BCUT2D eigenvalue weighted by Crippen LogP contribution is -2.40. The van der Waals surface area contributed by atoms with Crippen molar-refractivity contribution in [2.75, 3.05) is 0 Å².